The molecular weight excluding hydrogens is 260 g/mol. The molecular formula is C15H17F2N3. The second-order valence-electron chi connectivity index (χ2n) is 4.59. The minimum absolute atomic E-state index is 0.292. The number of nitrogens with one attached hydrogen (secondary N) is 1. The van der Waals surface area contributed by atoms with Crippen LogP contribution in [0.5, 0.6) is 0 Å². The Hall–Kier alpha value is -2.04. The third kappa shape index (κ3) is 2.76. The summed E-state index contributed by atoms with van der Waals surface area (Å²) < 4.78 is 27.0. The van der Waals surface area contributed by atoms with Crippen LogP contribution >= 0.6 is 0 Å². The summed E-state index contributed by atoms with van der Waals surface area (Å²) in [5.41, 5.74) is 1.54. The van der Waals surface area contributed by atoms with Gasteiger partial charge in [-0.05, 0) is 25.5 Å². The van der Waals surface area contributed by atoms with Crippen molar-refractivity contribution in [2.75, 3.05) is 12.4 Å². The van der Waals surface area contributed by atoms with E-state index >= 15 is 0 Å². The van der Waals surface area contributed by atoms with Gasteiger partial charge in [-0.15, -0.1) is 0 Å². The van der Waals surface area contributed by atoms with E-state index in [2.05, 4.69) is 15.3 Å². The number of benzene rings is 1. The van der Waals surface area contributed by atoms with Gasteiger partial charge in [-0.2, -0.15) is 0 Å². The van der Waals surface area contributed by atoms with E-state index in [0.29, 0.717) is 29.3 Å². The molecule has 2 aromatic rings. The standard InChI is InChI=1S/C15H17F2N3/c1-4-5-13-19-14(9(2)15(18-3)20-13)11-7-6-10(16)8-12(11)17/h6-8H,4-5H2,1-3H3,(H,18,19,20). The Morgan fingerprint density at radius 1 is 1.20 bits per heavy atom. The van der Waals surface area contributed by atoms with Crippen LogP contribution in [0.15, 0.2) is 18.2 Å². The monoisotopic (exact) mass is 277 g/mol. The van der Waals surface area contributed by atoms with Gasteiger partial charge >= 0.3 is 0 Å². The van der Waals surface area contributed by atoms with Crippen LogP contribution in [0.2, 0.25) is 0 Å². The van der Waals surface area contributed by atoms with Crippen LogP contribution in [-0.2, 0) is 6.42 Å². The second-order valence-corrected chi connectivity index (χ2v) is 4.59. The highest BCUT2D eigenvalue weighted by Gasteiger charge is 2.15. The van der Waals surface area contributed by atoms with E-state index in [4.69, 9.17) is 0 Å². The van der Waals surface area contributed by atoms with Gasteiger partial charge in [-0.1, -0.05) is 6.92 Å². The zero-order valence-electron chi connectivity index (χ0n) is 11.8. The summed E-state index contributed by atoms with van der Waals surface area (Å²) in [6.07, 6.45) is 1.61. The fourth-order valence-corrected chi connectivity index (χ4v) is 2.09. The predicted molar refractivity (Wildman–Crippen MR) is 75.7 cm³/mol. The van der Waals surface area contributed by atoms with Crippen molar-refractivity contribution in [3.05, 3.63) is 41.2 Å². The molecule has 2 rings (SSSR count). The third-order valence-electron chi connectivity index (χ3n) is 3.09. The Morgan fingerprint density at radius 3 is 2.55 bits per heavy atom. The zero-order chi connectivity index (χ0) is 14.7. The van der Waals surface area contributed by atoms with Gasteiger partial charge in [0.25, 0.3) is 0 Å². The number of hydrogen-bond acceptors (Lipinski definition) is 3. The molecule has 0 amide bonds. The lowest BCUT2D eigenvalue weighted by atomic mass is 10.1. The number of aryl methyl sites for hydroxylation is 1. The van der Waals surface area contributed by atoms with E-state index in [1.807, 2.05) is 13.8 Å². The molecule has 0 bridgehead atoms. The average molecular weight is 277 g/mol. The van der Waals surface area contributed by atoms with Crippen molar-refractivity contribution in [3.63, 3.8) is 0 Å². The van der Waals surface area contributed by atoms with Crippen LogP contribution in [-0.4, -0.2) is 17.0 Å². The average Bonchev–Trinajstić information content (AvgIpc) is 2.41. The fourth-order valence-electron chi connectivity index (χ4n) is 2.09. The summed E-state index contributed by atoms with van der Waals surface area (Å²) in [6, 6.07) is 3.52. The molecule has 5 heteroatoms. The van der Waals surface area contributed by atoms with Gasteiger partial charge in [0, 0.05) is 30.7 Å². The molecule has 3 nitrogen and oxygen atoms in total. The van der Waals surface area contributed by atoms with E-state index in [-0.39, 0.29) is 0 Å². The van der Waals surface area contributed by atoms with Gasteiger partial charge in [0.15, 0.2) is 0 Å². The lowest BCUT2D eigenvalue weighted by Gasteiger charge is -2.12. The molecule has 106 valence electrons. The Kier molecular flexibility index (Phi) is 4.27. The molecule has 0 aliphatic heterocycles. The molecule has 1 aromatic heterocycles. The van der Waals surface area contributed by atoms with E-state index in [1.165, 1.54) is 12.1 Å². The van der Waals surface area contributed by atoms with Crippen molar-refractivity contribution in [3.8, 4) is 11.3 Å². The van der Waals surface area contributed by atoms with Crippen LogP contribution in [0.4, 0.5) is 14.6 Å². The number of nitrogens with zero attached hydrogens (tertiary/aromatic N) is 2. The molecule has 1 heterocycles. The second kappa shape index (κ2) is 5.94. The molecule has 0 radical (unpaired) electrons. The number of aromatic nitrogens is 2. The maximum absolute atomic E-state index is 13.9. The van der Waals surface area contributed by atoms with Gasteiger partial charge in [-0.3, -0.25) is 0 Å². The van der Waals surface area contributed by atoms with Crippen LogP contribution < -0.4 is 5.32 Å². The topological polar surface area (TPSA) is 37.8 Å². The Balaban J connectivity index is 2.62. The molecule has 0 spiro atoms. The molecule has 0 saturated carbocycles. The first-order valence-electron chi connectivity index (χ1n) is 6.57. The first-order valence-corrected chi connectivity index (χ1v) is 6.57. The summed E-state index contributed by atoms with van der Waals surface area (Å²) in [5, 5.41) is 2.99. The van der Waals surface area contributed by atoms with Gasteiger partial charge in [-0.25, -0.2) is 18.7 Å². The predicted octanol–water partition coefficient (Wildman–Crippen LogP) is 3.72. The van der Waals surface area contributed by atoms with Crippen molar-refractivity contribution < 1.29 is 8.78 Å². The first-order chi connectivity index (χ1) is 9.56. The Bertz CT molecular complexity index is 627. The minimum atomic E-state index is -0.615. The molecule has 0 aliphatic carbocycles. The first kappa shape index (κ1) is 14.4. The normalized spacial score (nSPS) is 10.7. The Labute approximate surface area is 117 Å². The van der Waals surface area contributed by atoms with Gasteiger partial charge < -0.3 is 5.32 Å². The van der Waals surface area contributed by atoms with Gasteiger partial charge in [0.05, 0.1) is 5.69 Å². The summed E-state index contributed by atoms with van der Waals surface area (Å²) in [7, 11) is 1.76. The largest absolute Gasteiger partial charge is 0.373 e. The smallest absolute Gasteiger partial charge is 0.135 e. The van der Waals surface area contributed by atoms with Gasteiger partial charge in [0.1, 0.15) is 23.3 Å². The highest BCUT2D eigenvalue weighted by atomic mass is 19.1. The molecule has 20 heavy (non-hydrogen) atoms. The molecule has 0 aliphatic rings. The quantitative estimate of drug-likeness (QED) is 0.925. The minimum Gasteiger partial charge on any atom is -0.373 e. The van der Waals surface area contributed by atoms with E-state index in [0.717, 1.165) is 18.1 Å². The highest BCUT2D eigenvalue weighted by Crippen LogP contribution is 2.28. The SMILES string of the molecule is CCCc1nc(NC)c(C)c(-c2ccc(F)cc2F)n1. The molecule has 1 aromatic carbocycles. The lowest BCUT2D eigenvalue weighted by Crippen LogP contribution is -2.06. The summed E-state index contributed by atoms with van der Waals surface area (Å²) >= 11 is 0. The Morgan fingerprint density at radius 2 is 1.95 bits per heavy atom. The van der Waals surface area contributed by atoms with Crippen molar-refractivity contribution in [2.24, 2.45) is 0 Å². The van der Waals surface area contributed by atoms with Gasteiger partial charge in [0.2, 0.25) is 0 Å². The van der Waals surface area contributed by atoms with Crippen LogP contribution in [0, 0.1) is 18.6 Å². The lowest BCUT2D eigenvalue weighted by molar-refractivity contribution is 0.585. The highest BCUT2D eigenvalue weighted by molar-refractivity contribution is 5.68. The molecule has 0 unspecified atom stereocenters. The number of halogens is 2. The van der Waals surface area contributed by atoms with E-state index in [9.17, 15) is 8.78 Å². The maximum atomic E-state index is 13.9. The number of anilines is 1. The summed E-state index contributed by atoms with van der Waals surface area (Å²) in [4.78, 5) is 8.81. The van der Waals surface area contributed by atoms with Crippen LogP contribution in [0.3, 0.4) is 0 Å². The van der Waals surface area contributed by atoms with Crippen molar-refractivity contribution >= 4 is 5.82 Å². The van der Waals surface area contributed by atoms with Crippen molar-refractivity contribution in [2.45, 2.75) is 26.7 Å². The van der Waals surface area contributed by atoms with Crippen molar-refractivity contribution in [1.29, 1.82) is 0 Å². The zero-order valence-corrected chi connectivity index (χ0v) is 11.8. The number of hydrogen-bond donors (Lipinski definition) is 1. The molecule has 1 N–H and O–H groups in total. The van der Waals surface area contributed by atoms with E-state index < -0.39 is 11.6 Å². The summed E-state index contributed by atoms with van der Waals surface area (Å²) in [5.74, 6) is 0.111. The van der Waals surface area contributed by atoms with Crippen LogP contribution in [0.1, 0.15) is 24.7 Å². The fraction of sp³-hybridized carbons (Fsp3) is 0.333. The van der Waals surface area contributed by atoms with Crippen LogP contribution in [0.25, 0.3) is 11.3 Å². The van der Waals surface area contributed by atoms with Crippen molar-refractivity contribution in [1.82, 2.24) is 9.97 Å². The maximum Gasteiger partial charge on any atom is 0.135 e. The van der Waals surface area contributed by atoms with E-state index in [1.54, 1.807) is 7.05 Å². The molecule has 0 fully saturated rings. The third-order valence-corrected chi connectivity index (χ3v) is 3.09. The molecule has 0 saturated heterocycles. The molecule has 0 atom stereocenters. The summed E-state index contributed by atoms with van der Waals surface area (Å²) in [6.45, 7) is 3.85. The number of rotatable bonds is 4.